The number of hydrogen-bond acceptors (Lipinski definition) is 2. The molecule has 0 aliphatic carbocycles. The quantitative estimate of drug-likeness (QED) is 0.717. The first kappa shape index (κ1) is 9.40. The Bertz CT molecular complexity index is 476. The minimum Gasteiger partial charge on any atom is -0.398 e. The monoisotopic (exact) mass is 213 g/mol. The molecule has 1 aromatic carbocycles. The van der Waals surface area contributed by atoms with Crippen LogP contribution >= 0.6 is 11.3 Å². The van der Waals surface area contributed by atoms with E-state index < -0.39 is 6.43 Å². The molecule has 0 saturated heterocycles. The molecule has 1 heterocycles. The normalized spacial score (nSPS) is 11.4. The van der Waals surface area contributed by atoms with Crippen LogP contribution in [0.3, 0.4) is 0 Å². The number of aryl methyl sites for hydroxylation is 1. The van der Waals surface area contributed by atoms with E-state index in [4.69, 9.17) is 5.73 Å². The number of halogens is 2. The smallest absolute Gasteiger partial charge is 0.265 e. The van der Waals surface area contributed by atoms with Gasteiger partial charge in [-0.1, -0.05) is 0 Å². The van der Waals surface area contributed by atoms with E-state index in [0.717, 1.165) is 10.3 Å². The predicted octanol–water partition coefficient (Wildman–Crippen LogP) is 3.73. The fourth-order valence-corrected chi connectivity index (χ4v) is 2.41. The average molecular weight is 213 g/mol. The zero-order valence-electron chi connectivity index (χ0n) is 7.55. The molecule has 1 aromatic heterocycles. The summed E-state index contributed by atoms with van der Waals surface area (Å²) in [5, 5.41) is 2.07. The Morgan fingerprint density at radius 3 is 2.71 bits per heavy atom. The van der Waals surface area contributed by atoms with Crippen molar-refractivity contribution in [1.29, 1.82) is 0 Å². The third-order valence-corrected chi connectivity index (χ3v) is 3.19. The predicted molar refractivity (Wildman–Crippen MR) is 55.9 cm³/mol. The molecule has 0 spiro atoms. The highest BCUT2D eigenvalue weighted by Gasteiger charge is 2.14. The third-order valence-electron chi connectivity index (χ3n) is 2.23. The molecular weight excluding hydrogens is 204 g/mol. The molecule has 2 N–H and O–H groups in total. The molecule has 1 nitrogen and oxygen atoms in total. The molecule has 0 unspecified atom stereocenters. The Morgan fingerprint density at radius 1 is 1.36 bits per heavy atom. The van der Waals surface area contributed by atoms with Crippen LogP contribution in [-0.4, -0.2) is 0 Å². The van der Waals surface area contributed by atoms with Gasteiger partial charge < -0.3 is 5.73 Å². The van der Waals surface area contributed by atoms with Crippen LogP contribution in [-0.2, 0) is 0 Å². The first-order chi connectivity index (χ1) is 6.59. The second-order valence-corrected chi connectivity index (χ2v) is 4.11. The lowest BCUT2D eigenvalue weighted by atomic mass is 10.1. The van der Waals surface area contributed by atoms with Crippen LogP contribution in [0.1, 0.15) is 17.6 Å². The zero-order chi connectivity index (χ0) is 10.3. The number of nitrogen functional groups attached to an aromatic ring is 1. The van der Waals surface area contributed by atoms with Gasteiger partial charge in [-0.15, -0.1) is 11.3 Å². The number of nitrogens with two attached hydrogens (primary N) is 1. The molecule has 0 saturated carbocycles. The van der Waals surface area contributed by atoms with Gasteiger partial charge in [-0.05, 0) is 24.6 Å². The fourth-order valence-electron chi connectivity index (χ4n) is 1.38. The van der Waals surface area contributed by atoms with E-state index in [-0.39, 0.29) is 5.56 Å². The Kier molecular flexibility index (Phi) is 2.15. The standard InChI is InChI=1S/C10H9F2NS/c1-5-2-9-6(3-8(5)13)7(4-14-9)10(11)12/h2-4,10H,13H2,1H3. The number of thiophene rings is 1. The van der Waals surface area contributed by atoms with Gasteiger partial charge in [-0.25, -0.2) is 8.78 Å². The third kappa shape index (κ3) is 1.35. The largest absolute Gasteiger partial charge is 0.398 e. The van der Waals surface area contributed by atoms with Gasteiger partial charge in [-0.3, -0.25) is 0 Å². The summed E-state index contributed by atoms with van der Waals surface area (Å²) in [7, 11) is 0. The van der Waals surface area contributed by atoms with E-state index in [1.165, 1.54) is 16.7 Å². The fraction of sp³-hybridized carbons (Fsp3) is 0.200. The topological polar surface area (TPSA) is 26.0 Å². The van der Waals surface area contributed by atoms with E-state index in [9.17, 15) is 8.78 Å². The second kappa shape index (κ2) is 3.20. The maximum Gasteiger partial charge on any atom is 0.265 e. The molecule has 0 fully saturated rings. The van der Waals surface area contributed by atoms with Crippen LogP contribution < -0.4 is 5.73 Å². The summed E-state index contributed by atoms with van der Waals surface area (Å²) in [5.41, 5.74) is 7.25. The van der Waals surface area contributed by atoms with Crippen molar-refractivity contribution in [3.05, 3.63) is 28.6 Å². The highest BCUT2D eigenvalue weighted by molar-refractivity contribution is 7.17. The number of hydrogen-bond donors (Lipinski definition) is 1. The van der Waals surface area contributed by atoms with Crippen LogP contribution in [0.4, 0.5) is 14.5 Å². The molecule has 0 aliphatic rings. The summed E-state index contributed by atoms with van der Waals surface area (Å²) >= 11 is 1.33. The van der Waals surface area contributed by atoms with Crippen LogP contribution in [0.15, 0.2) is 17.5 Å². The van der Waals surface area contributed by atoms with Crippen molar-refractivity contribution in [3.8, 4) is 0 Å². The lowest BCUT2D eigenvalue weighted by molar-refractivity contribution is 0.153. The summed E-state index contributed by atoms with van der Waals surface area (Å²) in [5.74, 6) is 0. The van der Waals surface area contributed by atoms with Crippen LogP contribution in [0.2, 0.25) is 0 Å². The van der Waals surface area contributed by atoms with Gasteiger partial charge in [0.1, 0.15) is 0 Å². The number of rotatable bonds is 1. The van der Waals surface area contributed by atoms with Crippen molar-refractivity contribution in [2.24, 2.45) is 0 Å². The van der Waals surface area contributed by atoms with Crippen molar-refractivity contribution in [2.45, 2.75) is 13.3 Å². The lowest BCUT2D eigenvalue weighted by Crippen LogP contribution is -1.89. The van der Waals surface area contributed by atoms with Crippen molar-refractivity contribution in [1.82, 2.24) is 0 Å². The van der Waals surface area contributed by atoms with Crippen molar-refractivity contribution < 1.29 is 8.78 Å². The van der Waals surface area contributed by atoms with E-state index in [0.29, 0.717) is 11.1 Å². The molecule has 0 aliphatic heterocycles. The molecule has 2 rings (SSSR count). The minimum atomic E-state index is -2.43. The Balaban J connectivity index is 2.74. The summed E-state index contributed by atoms with van der Waals surface area (Å²) in [6.07, 6.45) is -2.43. The number of benzene rings is 1. The minimum absolute atomic E-state index is 0.0803. The van der Waals surface area contributed by atoms with Crippen LogP contribution in [0.25, 0.3) is 10.1 Å². The Labute approximate surface area is 84.2 Å². The van der Waals surface area contributed by atoms with E-state index in [2.05, 4.69) is 0 Å². The molecule has 0 amide bonds. The molecule has 0 atom stereocenters. The number of anilines is 1. The SMILES string of the molecule is Cc1cc2scc(C(F)F)c2cc1N. The van der Waals surface area contributed by atoms with Gasteiger partial charge >= 0.3 is 0 Å². The second-order valence-electron chi connectivity index (χ2n) is 3.20. The summed E-state index contributed by atoms with van der Waals surface area (Å²) in [6, 6.07) is 3.48. The van der Waals surface area contributed by atoms with Crippen molar-refractivity contribution in [3.63, 3.8) is 0 Å². The molecule has 2 aromatic rings. The number of fused-ring (bicyclic) bond motifs is 1. The van der Waals surface area contributed by atoms with E-state index >= 15 is 0 Å². The molecule has 0 radical (unpaired) electrons. The molecule has 74 valence electrons. The lowest BCUT2D eigenvalue weighted by Gasteiger charge is -2.01. The average Bonchev–Trinajstić information content (AvgIpc) is 2.48. The Hall–Kier alpha value is -1.16. The van der Waals surface area contributed by atoms with Crippen molar-refractivity contribution >= 4 is 27.1 Å². The van der Waals surface area contributed by atoms with Gasteiger partial charge in [-0.2, -0.15) is 0 Å². The molecule has 14 heavy (non-hydrogen) atoms. The van der Waals surface area contributed by atoms with Gasteiger partial charge in [0, 0.05) is 26.7 Å². The highest BCUT2D eigenvalue weighted by Crippen LogP contribution is 2.35. The highest BCUT2D eigenvalue weighted by atomic mass is 32.1. The van der Waals surface area contributed by atoms with Gasteiger partial charge in [0.2, 0.25) is 0 Å². The molecule has 0 bridgehead atoms. The molecule has 4 heteroatoms. The maximum atomic E-state index is 12.5. The van der Waals surface area contributed by atoms with Crippen LogP contribution in [0, 0.1) is 6.92 Å². The van der Waals surface area contributed by atoms with Gasteiger partial charge in [0.05, 0.1) is 0 Å². The molecular formula is C10H9F2NS. The zero-order valence-corrected chi connectivity index (χ0v) is 8.37. The van der Waals surface area contributed by atoms with E-state index in [1.807, 2.05) is 13.0 Å². The van der Waals surface area contributed by atoms with Crippen molar-refractivity contribution in [2.75, 3.05) is 5.73 Å². The van der Waals surface area contributed by atoms with Gasteiger partial charge in [0.25, 0.3) is 6.43 Å². The van der Waals surface area contributed by atoms with Crippen LogP contribution in [0.5, 0.6) is 0 Å². The maximum absolute atomic E-state index is 12.5. The first-order valence-electron chi connectivity index (χ1n) is 4.15. The van der Waals surface area contributed by atoms with Gasteiger partial charge in [0.15, 0.2) is 0 Å². The number of alkyl halides is 2. The summed E-state index contributed by atoms with van der Waals surface area (Å²) in [6.45, 7) is 1.87. The summed E-state index contributed by atoms with van der Waals surface area (Å²) < 4.78 is 25.9. The van der Waals surface area contributed by atoms with E-state index in [1.54, 1.807) is 6.07 Å². The summed E-state index contributed by atoms with van der Waals surface area (Å²) in [4.78, 5) is 0. The first-order valence-corrected chi connectivity index (χ1v) is 5.03. The Morgan fingerprint density at radius 2 is 2.07 bits per heavy atom.